The summed E-state index contributed by atoms with van der Waals surface area (Å²) in [4.78, 5) is 11.5. The molecule has 0 aliphatic carbocycles. The van der Waals surface area contributed by atoms with Crippen LogP contribution in [0.5, 0.6) is 5.75 Å². The smallest absolute Gasteiger partial charge is 0.220 e. The molecule has 1 rings (SSSR count). The lowest BCUT2D eigenvalue weighted by Gasteiger charge is -2.13. The fourth-order valence-corrected chi connectivity index (χ4v) is 1.92. The molecule has 1 aromatic carbocycles. The van der Waals surface area contributed by atoms with E-state index in [1.54, 1.807) is 0 Å². The molecule has 0 aliphatic rings. The van der Waals surface area contributed by atoms with E-state index in [4.69, 9.17) is 10.5 Å². The van der Waals surface area contributed by atoms with Gasteiger partial charge in [-0.3, -0.25) is 4.79 Å². The first-order valence-corrected chi connectivity index (χ1v) is 7.33. The maximum absolute atomic E-state index is 11.5. The number of para-hydroxylation sites is 1. The highest BCUT2D eigenvalue weighted by atomic mass is 16.5. The van der Waals surface area contributed by atoms with Crippen molar-refractivity contribution >= 4 is 5.91 Å². The molecule has 0 saturated heterocycles. The van der Waals surface area contributed by atoms with Crippen molar-refractivity contribution in [3.63, 3.8) is 0 Å². The lowest BCUT2D eigenvalue weighted by molar-refractivity contribution is -0.121. The van der Waals surface area contributed by atoms with Crippen LogP contribution < -0.4 is 15.8 Å². The highest BCUT2D eigenvalue weighted by molar-refractivity contribution is 5.75. The summed E-state index contributed by atoms with van der Waals surface area (Å²) >= 11 is 0. The van der Waals surface area contributed by atoms with Crippen LogP contribution >= 0.6 is 0 Å². The zero-order valence-corrected chi connectivity index (χ0v) is 12.5. The lowest BCUT2D eigenvalue weighted by atomic mass is 10.0. The Kier molecular flexibility index (Phi) is 7.73. The van der Waals surface area contributed by atoms with Crippen molar-refractivity contribution in [2.75, 3.05) is 19.7 Å². The molecule has 4 heteroatoms. The maximum Gasteiger partial charge on any atom is 0.220 e. The summed E-state index contributed by atoms with van der Waals surface area (Å²) in [5, 5.41) is 2.84. The molecule has 0 saturated carbocycles. The van der Waals surface area contributed by atoms with E-state index in [2.05, 4.69) is 25.2 Å². The van der Waals surface area contributed by atoms with Crippen LogP contribution in [0.4, 0.5) is 0 Å². The summed E-state index contributed by atoms with van der Waals surface area (Å²) in [5.74, 6) is 1.43. The van der Waals surface area contributed by atoms with Gasteiger partial charge in [-0.1, -0.05) is 32.0 Å². The van der Waals surface area contributed by atoms with Crippen molar-refractivity contribution in [3.8, 4) is 5.75 Å². The van der Waals surface area contributed by atoms with Gasteiger partial charge in [0.1, 0.15) is 5.75 Å². The van der Waals surface area contributed by atoms with E-state index in [1.165, 1.54) is 5.56 Å². The van der Waals surface area contributed by atoms with Gasteiger partial charge in [0.25, 0.3) is 0 Å². The number of nitrogens with one attached hydrogen (secondary N) is 1. The number of nitrogens with two attached hydrogens (primary N) is 1. The fourth-order valence-electron chi connectivity index (χ4n) is 1.92. The monoisotopic (exact) mass is 278 g/mol. The topological polar surface area (TPSA) is 64.3 Å². The Morgan fingerprint density at radius 3 is 2.75 bits per heavy atom. The Morgan fingerprint density at radius 2 is 2.05 bits per heavy atom. The normalized spacial score (nSPS) is 10.6. The third kappa shape index (κ3) is 6.06. The van der Waals surface area contributed by atoms with E-state index >= 15 is 0 Å². The minimum Gasteiger partial charge on any atom is -0.493 e. The van der Waals surface area contributed by atoms with Gasteiger partial charge in [0.15, 0.2) is 0 Å². The lowest BCUT2D eigenvalue weighted by Crippen LogP contribution is -2.26. The summed E-state index contributed by atoms with van der Waals surface area (Å²) < 4.78 is 5.77. The van der Waals surface area contributed by atoms with Gasteiger partial charge in [0.2, 0.25) is 5.91 Å². The van der Waals surface area contributed by atoms with Crippen molar-refractivity contribution in [1.29, 1.82) is 0 Å². The number of carbonyl (C=O) groups is 1. The van der Waals surface area contributed by atoms with Gasteiger partial charge in [-0.15, -0.1) is 0 Å². The number of rotatable bonds is 9. The largest absolute Gasteiger partial charge is 0.493 e. The highest BCUT2D eigenvalue weighted by Crippen LogP contribution is 2.25. The van der Waals surface area contributed by atoms with Crippen LogP contribution in [0.1, 0.15) is 44.6 Å². The fraction of sp³-hybridized carbons (Fsp3) is 0.562. The van der Waals surface area contributed by atoms with Gasteiger partial charge in [-0.25, -0.2) is 0 Å². The van der Waals surface area contributed by atoms with Crippen LogP contribution in [0.3, 0.4) is 0 Å². The molecule has 0 aliphatic heterocycles. The predicted octanol–water partition coefficient (Wildman–Crippen LogP) is 2.43. The third-order valence-electron chi connectivity index (χ3n) is 3.05. The molecule has 0 fully saturated rings. The molecule has 0 spiro atoms. The third-order valence-corrected chi connectivity index (χ3v) is 3.05. The summed E-state index contributed by atoms with van der Waals surface area (Å²) in [6.07, 6.45) is 2.04. The molecule has 0 radical (unpaired) electrons. The van der Waals surface area contributed by atoms with Gasteiger partial charge in [0.05, 0.1) is 6.61 Å². The number of hydrogen-bond donors (Lipinski definition) is 2. The second-order valence-corrected chi connectivity index (χ2v) is 5.14. The molecule has 0 bridgehead atoms. The van der Waals surface area contributed by atoms with Crippen LogP contribution in [0.25, 0.3) is 0 Å². The minimum absolute atomic E-state index is 0.0687. The summed E-state index contributed by atoms with van der Waals surface area (Å²) in [6.45, 7) is 6.12. The van der Waals surface area contributed by atoms with Crippen LogP contribution in [-0.4, -0.2) is 25.6 Å². The Morgan fingerprint density at radius 1 is 1.30 bits per heavy atom. The average Bonchev–Trinajstić information content (AvgIpc) is 2.44. The molecule has 0 aromatic heterocycles. The molecule has 112 valence electrons. The molecule has 0 heterocycles. The first kappa shape index (κ1) is 16.5. The number of ether oxygens (including phenoxy) is 1. The van der Waals surface area contributed by atoms with Gasteiger partial charge in [-0.2, -0.15) is 0 Å². The van der Waals surface area contributed by atoms with E-state index in [9.17, 15) is 4.79 Å². The van der Waals surface area contributed by atoms with E-state index in [-0.39, 0.29) is 5.91 Å². The van der Waals surface area contributed by atoms with Gasteiger partial charge < -0.3 is 15.8 Å². The zero-order valence-electron chi connectivity index (χ0n) is 12.5. The molecule has 0 atom stereocenters. The molecule has 4 nitrogen and oxygen atoms in total. The van der Waals surface area contributed by atoms with E-state index in [1.807, 2.05) is 18.2 Å². The summed E-state index contributed by atoms with van der Waals surface area (Å²) in [5.41, 5.74) is 6.58. The number of hydrogen-bond acceptors (Lipinski definition) is 3. The SMILES string of the molecule is CC(C)c1ccccc1OCCCC(=O)NCCCN. The van der Waals surface area contributed by atoms with E-state index in [0.29, 0.717) is 32.0 Å². The van der Waals surface area contributed by atoms with Crippen molar-refractivity contribution in [2.24, 2.45) is 5.73 Å². The number of amides is 1. The summed E-state index contributed by atoms with van der Waals surface area (Å²) in [6, 6.07) is 8.06. The molecule has 3 N–H and O–H groups in total. The number of carbonyl (C=O) groups excluding carboxylic acids is 1. The van der Waals surface area contributed by atoms with Crippen molar-refractivity contribution in [1.82, 2.24) is 5.32 Å². The quantitative estimate of drug-likeness (QED) is 0.682. The van der Waals surface area contributed by atoms with E-state index in [0.717, 1.165) is 18.6 Å². The first-order valence-electron chi connectivity index (χ1n) is 7.33. The second kappa shape index (κ2) is 9.37. The predicted molar refractivity (Wildman–Crippen MR) is 81.9 cm³/mol. The molecule has 1 amide bonds. The van der Waals surface area contributed by atoms with Crippen molar-refractivity contribution in [3.05, 3.63) is 29.8 Å². The Balaban J connectivity index is 2.26. The van der Waals surface area contributed by atoms with Gasteiger partial charge >= 0.3 is 0 Å². The van der Waals surface area contributed by atoms with Gasteiger partial charge in [-0.05, 0) is 36.9 Å². The Bertz CT molecular complexity index is 405. The Hall–Kier alpha value is -1.55. The second-order valence-electron chi connectivity index (χ2n) is 5.14. The molecule has 0 unspecified atom stereocenters. The standard InChI is InChI=1S/C16H26N2O2/c1-13(2)14-7-3-4-8-15(14)20-12-5-9-16(19)18-11-6-10-17/h3-4,7-8,13H,5-6,9-12,17H2,1-2H3,(H,18,19). The summed E-state index contributed by atoms with van der Waals surface area (Å²) in [7, 11) is 0. The average molecular weight is 278 g/mol. The Labute approximate surface area is 121 Å². The van der Waals surface area contributed by atoms with Gasteiger partial charge in [0, 0.05) is 13.0 Å². The zero-order chi connectivity index (χ0) is 14.8. The highest BCUT2D eigenvalue weighted by Gasteiger charge is 2.07. The van der Waals surface area contributed by atoms with E-state index < -0.39 is 0 Å². The molecule has 1 aromatic rings. The first-order chi connectivity index (χ1) is 9.65. The van der Waals surface area contributed by atoms with Crippen LogP contribution in [0, 0.1) is 0 Å². The van der Waals surface area contributed by atoms with Crippen LogP contribution in [-0.2, 0) is 4.79 Å². The molecule has 20 heavy (non-hydrogen) atoms. The molecular weight excluding hydrogens is 252 g/mol. The molecular formula is C16H26N2O2. The van der Waals surface area contributed by atoms with Crippen LogP contribution in [0.2, 0.25) is 0 Å². The van der Waals surface area contributed by atoms with Crippen LogP contribution in [0.15, 0.2) is 24.3 Å². The minimum atomic E-state index is 0.0687. The number of benzene rings is 1. The maximum atomic E-state index is 11.5. The van der Waals surface area contributed by atoms with Crippen molar-refractivity contribution in [2.45, 2.75) is 39.0 Å². The van der Waals surface area contributed by atoms with Crippen molar-refractivity contribution < 1.29 is 9.53 Å².